The lowest BCUT2D eigenvalue weighted by molar-refractivity contribution is 0.0314. The molecule has 0 fully saturated rings. The summed E-state index contributed by atoms with van der Waals surface area (Å²) in [5, 5.41) is 0. The third-order valence-corrected chi connectivity index (χ3v) is 5.04. The van der Waals surface area contributed by atoms with E-state index < -0.39 is 17.9 Å². The van der Waals surface area contributed by atoms with Crippen molar-refractivity contribution in [2.45, 2.75) is 38.7 Å². The Balaban J connectivity index is 2.23. The number of esters is 1. The number of aromatic amines is 1. The van der Waals surface area contributed by atoms with Gasteiger partial charge in [0.1, 0.15) is 11.3 Å². The maximum Gasteiger partial charge on any atom is 0.342 e. The number of benzene rings is 1. The van der Waals surface area contributed by atoms with E-state index in [-0.39, 0.29) is 17.0 Å². The second kappa shape index (κ2) is 8.43. The van der Waals surface area contributed by atoms with Crippen LogP contribution in [-0.2, 0) is 4.74 Å². The van der Waals surface area contributed by atoms with Crippen molar-refractivity contribution in [3.63, 3.8) is 0 Å². The number of ether oxygens (including phenoxy) is 2. The minimum Gasteiger partial charge on any atom is -0.496 e. The zero-order valence-corrected chi connectivity index (χ0v) is 17.1. The Kier molecular flexibility index (Phi) is 6.49. The van der Waals surface area contributed by atoms with Crippen LogP contribution in [0, 0.1) is 13.8 Å². The minimum absolute atomic E-state index is 0.122. The zero-order chi connectivity index (χ0) is 20.3. The Morgan fingerprint density at radius 2 is 1.85 bits per heavy atom. The molecule has 0 aliphatic heterocycles. The van der Waals surface area contributed by atoms with Gasteiger partial charge in [0.15, 0.2) is 11.9 Å². The third kappa shape index (κ3) is 4.24. The number of carbonyl (C=O) groups is 3. The van der Waals surface area contributed by atoms with E-state index in [1.54, 1.807) is 32.0 Å². The van der Waals surface area contributed by atoms with Crippen LogP contribution in [0.2, 0.25) is 0 Å². The average molecular weight is 389 g/mol. The fourth-order valence-electron chi connectivity index (χ4n) is 2.97. The number of aryl methyl sites for hydroxylation is 1. The van der Waals surface area contributed by atoms with Crippen LogP contribution in [0.3, 0.4) is 0 Å². The number of hydrogen-bond acceptors (Lipinski definition) is 6. The van der Waals surface area contributed by atoms with Crippen LogP contribution in [0.5, 0.6) is 5.75 Å². The number of nitrogens with one attached hydrogen (secondary N) is 1. The maximum absolute atomic E-state index is 12.7. The van der Waals surface area contributed by atoms with Gasteiger partial charge in [0.05, 0.1) is 12.8 Å². The molecular weight excluding hydrogens is 366 g/mol. The average Bonchev–Trinajstić information content (AvgIpc) is 2.94. The van der Waals surface area contributed by atoms with Crippen molar-refractivity contribution in [2.24, 2.45) is 0 Å². The molecule has 27 heavy (non-hydrogen) atoms. The molecule has 0 aliphatic rings. The van der Waals surface area contributed by atoms with Gasteiger partial charge >= 0.3 is 5.97 Å². The summed E-state index contributed by atoms with van der Waals surface area (Å²) in [6.07, 6.45) is 0.905. The van der Waals surface area contributed by atoms with Gasteiger partial charge in [-0.05, 0) is 57.7 Å². The molecule has 0 radical (unpaired) electrons. The predicted octanol–water partition coefficient (Wildman–Crippen LogP) is 3.99. The van der Waals surface area contributed by atoms with Crippen molar-refractivity contribution in [3.05, 3.63) is 46.3 Å². The second-order valence-corrected chi connectivity index (χ2v) is 7.04. The summed E-state index contributed by atoms with van der Waals surface area (Å²) in [5.41, 5.74) is 2.21. The highest BCUT2D eigenvalue weighted by molar-refractivity contribution is 7.98. The summed E-state index contributed by atoms with van der Waals surface area (Å²) in [6.45, 7) is 6.39. The number of ketones is 2. The number of hydrogen-bond donors (Lipinski definition) is 1. The van der Waals surface area contributed by atoms with Gasteiger partial charge in [-0.2, -0.15) is 0 Å². The first kappa shape index (κ1) is 20.8. The summed E-state index contributed by atoms with van der Waals surface area (Å²) < 4.78 is 10.6. The lowest BCUT2D eigenvalue weighted by atomic mass is 10.0. The number of methoxy groups -OCH3 is 1. The SMILES string of the molecule is COc1cc(SC)ccc1C(=O)O[C@H](C)C(=O)c1[nH]c(C)c(C(C)=O)c1C. The molecule has 7 heteroatoms. The van der Waals surface area contributed by atoms with Gasteiger partial charge in [-0.3, -0.25) is 9.59 Å². The smallest absolute Gasteiger partial charge is 0.342 e. The molecule has 1 N–H and O–H groups in total. The van der Waals surface area contributed by atoms with Gasteiger partial charge in [-0.1, -0.05) is 0 Å². The van der Waals surface area contributed by atoms with Crippen LogP contribution < -0.4 is 4.74 Å². The summed E-state index contributed by atoms with van der Waals surface area (Å²) in [6, 6.07) is 5.14. The molecule has 0 saturated carbocycles. The Hall–Kier alpha value is -2.54. The Morgan fingerprint density at radius 1 is 1.19 bits per heavy atom. The minimum atomic E-state index is -1.01. The number of thioether (sulfide) groups is 1. The molecule has 2 aromatic rings. The molecule has 1 heterocycles. The Bertz CT molecular complexity index is 900. The molecule has 0 amide bonds. The molecule has 144 valence electrons. The van der Waals surface area contributed by atoms with Gasteiger partial charge in [-0.15, -0.1) is 11.8 Å². The van der Waals surface area contributed by atoms with Crippen LogP contribution in [-0.4, -0.2) is 42.0 Å². The zero-order valence-electron chi connectivity index (χ0n) is 16.3. The lowest BCUT2D eigenvalue weighted by Crippen LogP contribution is -2.25. The summed E-state index contributed by atoms with van der Waals surface area (Å²) in [7, 11) is 1.47. The molecule has 6 nitrogen and oxygen atoms in total. The van der Waals surface area contributed by atoms with E-state index >= 15 is 0 Å². The van der Waals surface area contributed by atoms with Crippen molar-refractivity contribution in [1.82, 2.24) is 4.98 Å². The number of Topliss-reactive ketones (excluding diaryl/α,β-unsaturated/α-hetero) is 2. The fraction of sp³-hybridized carbons (Fsp3) is 0.350. The molecule has 0 spiro atoms. The van der Waals surface area contributed by atoms with Crippen molar-refractivity contribution < 1.29 is 23.9 Å². The van der Waals surface area contributed by atoms with Crippen molar-refractivity contribution in [3.8, 4) is 5.75 Å². The molecule has 1 atom stereocenters. The maximum atomic E-state index is 12.7. The van der Waals surface area contributed by atoms with Crippen LogP contribution >= 0.6 is 11.8 Å². The quantitative estimate of drug-likeness (QED) is 0.438. The lowest BCUT2D eigenvalue weighted by Gasteiger charge is -2.14. The van der Waals surface area contributed by atoms with E-state index in [9.17, 15) is 14.4 Å². The van der Waals surface area contributed by atoms with Crippen LogP contribution in [0.4, 0.5) is 0 Å². The number of aromatic nitrogens is 1. The number of H-pyrrole nitrogens is 1. The first-order chi connectivity index (χ1) is 12.7. The Morgan fingerprint density at radius 3 is 2.37 bits per heavy atom. The Labute approximate surface area is 162 Å². The van der Waals surface area contributed by atoms with E-state index in [4.69, 9.17) is 9.47 Å². The molecular formula is C20H23NO5S. The van der Waals surface area contributed by atoms with Crippen LogP contribution in [0.25, 0.3) is 0 Å². The molecule has 0 bridgehead atoms. The fourth-order valence-corrected chi connectivity index (χ4v) is 3.40. The van der Waals surface area contributed by atoms with E-state index in [0.29, 0.717) is 22.6 Å². The van der Waals surface area contributed by atoms with Crippen molar-refractivity contribution >= 4 is 29.3 Å². The molecule has 0 unspecified atom stereocenters. The van der Waals surface area contributed by atoms with Gasteiger partial charge in [0.2, 0.25) is 5.78 Å². The highest BCUT2D eigenvalue weighted by atomic mass is 32.2. The number of carbonyl (C=O) groups excluding carboxylic acids is 3. The normalized spacial score (nSPS) is 11.8. The second-order valence-electron chi connectivity index (χ2n) is 6.16. The van der Waals surface area contributed by atoms with Gasteiger partial charge in [-0.25, -0.2) is 4.79 Å². The molecule has 2 rings (SSSR count). The topological polar surface area (TPSA) is 85.5 Å². The van der Waals surface area contributed by atoms with Crippen molar-refractivity contribution in [2.75, 3.05) is 13.4 Å². The van der Waals surface area contributed by atoms with E-state index in [1.807, 2.05) is 6.26 Å². The van der Waals surface area contributed by atoms with Gasteiger partial charge < -0.3 is 14.5 Å². The van der Waals surface area contributed by atoms with Crippen LogP contribution in [0.1, 0.15) is 56.3 Å². The van der Waals surface area contributed by atoms with E-state index in [1.165, 1.54) is 32.7 Å². The molecule has 1 aromatic carbocycles. The summed E-state index contributed by atoms with van der Waals surface area (Å²) in [4.78, 5) is 40.9. The summed E-state index contributed by atoms with van der Waals surface area (Å²) in [5.74, 6) is -0.773. The molecule has 0 saturated heterocycles. The monoisotopic (exact) mass is 389 g/mol. The van der Waals surface area contributed by atoms with Gasteiger partial charge in [0.25, 0.3) is 0 Å². The van der Waals surface area contributed by atoms with E-state index in [0.717, 1.165) is 4.90 Å². The standard InChI is InChI=1S/C20H23NO5S/c1-10-17(12(3)22)11(2)21-18(10)19(23)13(4)26-20(24)15-8-7-14(27-6)9-16(15)25-5/h7-9,13,21H,1-6H3/t13-/m1/s1. The highest BCUT2D eigenvalue weighted by Gasteiger charge is 2.27. The molecule has 0 aliphatic carbocycles. The van der Waals surface area contributed by atoms with Crippen LogP contribution in [0.15, 0.2) is 23.1 Å². The molecule has 1 aromatic heterocycles. The number of rotatable bonds is 7. The first-order valence-electron chi connectivity index (χ1n) is 8.38. The third-order valence-electron chi connectivity index (χ3n) is 4.32. The van der Waals surface area contributed by atoms with Crippen molar-refractivity contribution in [1.29, 1.82) is 0 Å². The summed E-state index contributed by atoms with van der Waals surface area (Å²) >= 11 is 1.52. The first-order valence-corrected chi connectivity index (χ1v) is 9.61. The predicted molar refractivity (Wildman–Crippen MR) is 104 cm³/mol. The largest absolute Gasteiger partial charge is 0.496 e. The highest BCUT2D eigenvalue weighted by Crippen LogP contribution is 2.27. The van der Waals surface area contributed by atoms with Gasteiger partial charge in [0, 0.05) is 16.2 Å². The van der Waals surface area contributed by atoms with E-state index in [2.05, 4.69) is 4.98 Å².